The maximum Gasteiger partial charge on any atom is 0.319 e. The van der Waals surface area contributed by atoms with Gasteiger partial charge in [-0.1, -0.05) is 0 Å². The number of rotatable bonds is 5. The SMILES string of the molecule is C[C@@]1(O)CCCN(c2nc(OCC3(CO)CC3)nc3c(F)c(Br)ccc23)C1. The van der Waals surface area contributed by atoms with E-state index in [0.29, 0.717) is 28.8 Å². The average Bonchev–Trinajstić information content (AvgIpc) is 3.42. The molecule has 1 saturated heterocycles. The van der Waals surface area contributed by atoms with Gasteiger partial charge in [-0.2, -0.15) is 9.97 Å². The lowest BCUT2D eigenvalue weighted by Gasteiger charge is -2.38. The monoisotopic (exact) mass is 439 g/mol. The van der Waals surface area contributed by atoms with Gasteiger partial charge >= 0.3 is 6.01 Å². The van der Waals surface area contributed by atoms with Gasteiger partial charge in [-0.15, -0.1) is 0 Å². The Morgan fingerprint density at radius 1 is 1.30 bits per heavy atom. The summed E-state index contributed by atoms with van der Waals surface area (Å²) < 4.78 is 20.8. The second-order valence-corrected chi connectivity index (χ2v) is 8.91. The molecule has 0 spiro atoms. The number of hydrogen-bond donors (Lipinski definition) is 2. The van der Waals surface area contributed by atoms with Crippen LogP contribution in [-0.2, 0) is 0 Å². The fraction of sp³-hybridized carbons (Fsp3) is 0.579. The van der Waals surface area contributed by atoms with Crippen LogP contribution in [0.15, 0.2) is 16.6 Å². The Balaban J connectivity index is 1.74. The van der Waals surface area contributed by atoms with E-state index in [1.165, 1.54) is 0 Å². The molecule has 0 unspecified atom stereocenters. The summed E-state index contributed by atoms with van der Waals surface area (Å²) in [5.41, 5.74) is -0.855. The number of aliphatic hydroxyl groups excluding tert-OH is 1. The van der Waals surface area contributed by atoms with Crippen LogP contribution >= 0.6 is 15.9 Å². The molecule has 2 aromatic rings. The van der Waals surface area contributed by atoms with Crippen molar-refractivity contribution in [3.63, 3.8) is 0 Å². The third-order valence-electron chi connectivity index (χ3n) is 5.49. The summed E-state index contributed by atoms with van der Waals surface area (Å²) in [6.45, 7) is 3.30. The van der Waals surface area contributed by atoms with Gasteiger partial charge in [0.15, 0.2) is 5.82 Å². The van der Waals surface area contributed by atoms with Crippen LogP contribution in [0.2, 0.25) is 0 Å². The number of halogens is 2. The van der Waals surface area contributed by atoms with E-state index in [1.54, 1.807) is 19.1 Å². The highest BCUT2D eigenvalue weighted by molar-refractivity contribution is 9.10. The lowest BCUT2D eigenvalue weighted by molar-refractivity contribution is 0.0447. The quantitative estimate of drug-likeness (QED) is 0.745. The number of hydrogen-bond acceptors (Lipinski definition) is 6. The highest BCUT2D eigenvalue weighted by atomic mass is 79.9. The molecule has 2 heterocycles. The van der Waals surface area contributed by atoms with Crippen LogP contribution in [0.25, 0.3) is 10.9 Å². The molecular weight excluding hydrogens is 417 g/mol. The number of piperidine rings is 1. The van der Waals surface area contributed by atoms with Crippen LogP contribution < -0.4 is 9.64 Å². The number of aliphatic hydroxyl groups is 2. The third-order valence-corrected chi connectivity index (χ3v) is 6.11. The molecule has 6 nitrogen and oxygen atoms in total. The van der Waals surface area contributed by atoms with Gasteiger partial charge in [-0.3, -0.25) is 0 Å². The van der Waals surface area contributed by atoms with E-state index in [-0.39, 0.29) is 23.5 Å². The molecule has 0 radical (unpaired) electrons. The molecule has 0 bridgehead atoms. The Kier molecular flexibility index (Phi) is 4.76. The molecule has 1 aromatic heterocycles. The summed E-state index contributed by atoms with van der Waals surface area (Å²) in [7, 11) is 0. The highest BCUT2D eigenvalue weighted by Crippen LogP contribution is 2.45. The van der Waals surface area contributed by atoms with Crippen LogP contribution in [0.3, 0.4) is 0 Å². The molecule has 1 atom stereocenters. The van der Waals surface area contributed by atoms with Gasteiger partial charge in [0.1, 0.15) is 11.3 Å². The van der Waals surface area contributed by atoms with Crippen LogP contribution in [0.5, 0.6) is 6.01 Å². The largest absolute Gasteiger partial charge is 0.463 e. The van der Waals surface area contributed by atoms with Crippen molar-refractivity contribution in [1.82, 2.24) is 9.97 Å². The molecule has 8 heteroatoms. The van der Waals surface area contributed by atoms with E-state index in [1.807, 2.05) is 4.90 Å². The van der Waals surface area contributed by atoms with Crippen LogP contribution in [0, 0.1) is 11.2 Å². The van der Waals surface area contributed by atoms with E-state index >= 15 is 0 Å². The van der Waals surface area contributed by atoms with E-state index in [4.69, 9.17) is 4.74 Å². The smallest absolute Gasteiger partial charge is 0.319 e. The summed E-state index contributed by atoms with van der Waals surface area (Å²) in [6, 6.07) is 3.51. The summed E-state index contributed by atoms with van der Waals surface area (Å²) in [4.78, 5) is 10.8. The van der Waals surface area contributed by atoms with Crippen molar-refractivity contribution < 1.29 is 19.3 Å². The molecule has 1 aliphatic heterocycles. The summed E-state index contributed by atoms with van der Waals surface area (Å²) in [5.74, 6) is 0.100. The number of benzene rings is 1. The van der Waals surface area contributed by atoms with Gasteiger partial charge in [-0.25, -0.2) is 4.39 Å². The third kappa shape index (κ3) is 3.75. The number of nitrogens with zero attached hydrogens (tertiary/aromatic N) is 3. The maximum atomic E-state index is 14.7. The first kappa shape index (κ1) is 18.8. The van der Waals surface area contributed by atoms with Crippen molar-refractivity contribution in [1.29, 1.82) is 0 Å². The van der Waals surface area contributed by atoms with Gasteiger partial charge in [0.05, 0.1) is 23.3 Å². The van der Waals surface area contributed by atoms with Gasteiger partial charge in [0.2, 0.25) is 0 Å². The first-order valence-corrected chi connectivity index (χ1v) is 9.99. The molecule has 146 valence electrons. The summed E-state index contributed by atoms with van der Waals surface area (Å²) >= 11 is 3.21. The molecule has 2 fully saturated rings. The minimum atomic E-state index is -0.820. The van der Waals surface area contributed by atoms with Crippen molar-refractivity contribution in [2.45, 2.75) is 38.2 Å². The second kappa shape index (κ2) is 6.83. The van der Waals surface area contributed by atoms with Crippen molar-refractivity contribution >= 4 is 32.7 Å². The maximum absolute atomic E-state index is 14.7. The fourth-order valence-corrected chi connectivity index (χ4v) is 3.87. The zero-order chi connectivity index (χ0) is 19.2. The van der Waals surface area contributed by atoms with Crippen molar-refractivity contribution in [2.24, 2.45) is 5.41 Å². The molecular formula is C19H23BrFN3O3. The standard InChI is InChI=1S/C19H23BrFN3O3/c1-18(26)5-2-8-24(9-18)16-12-3-4-13(20)14(21)15(12)22-17(23-16)27-11-19(10-25)6-7-19/h3-4,25-26H,2,5-11H2,1H3/t18-/m1/s1. The van der Waals surface area contributed by atoms with Crippen molar-refractivity contribution in [3.05, 3.63) is 22.4 Å². The van der Waals surface area contributed by atoms with E-state index in [9.17, 15) is 14.6 Å². The predicted molar refractivity (Wildman–Crippen MR) is 104 cm³/mol. The number of β-amino-alcohol motifs (C(OH)–C–C–N with tert-alkyl or cyclic N) is 1. The molecule has 1 aromatic carbocycles. The normalized spacial score (nSPS) is 24.3. The first-order chi connectivity index (χ1) is 12.8. The minimum Gasteiger partial charge on any atom is -0.463 e. The van der Waals surface area contributed by atoms with Crippen molar-refractivity contribution in [3.8, 4) is 6.01 Å². The van der Waals surface area contributed by atoms with Gasteiger partial charge in [-0.05, 0) is 60.7 Å². The van der Waals surface area contributed by atoms with Gasteiger partial charge in [0.25, 0.3) is 0 Å². The Labute approximate surface area is 165 Å². The Morgan fingerprint density at radius 2 is 2.07 bits per heavy atom. The van der Waals surface area contributed by atoms with Crippen LogP contribution in [-0.4, -0.2) is 52.1 Å². The Bertz CT molecular complexity index is 873. The summed E-state index contributed by atoms with van der Waals surface area (Å²) in [6.07, 6.45) is 3.34. The average molecular weight is 440 g/mol. The molecule has 2 N–H and O–H groups in total. The molecule has 2 aliphatic rings. The lowest BCUT2D eigenvalue weighted by Crippen LogP contribution is -2.46. The molecule has 0 amide bonds. The minimum absolute atomic E-state index is 0.0579. The molecule has 27 heavy (non-hydrogen) atoms. The lowest BCUT2D eigenvalue weighted by atomic mass is 9.95. The summed E-state index contributed by atoms with van der Waals surface area (Å²) in [5, 5.41) is 20.5. The Hall–Kier alpha value is -1.51. The second-order valence-electron chi connectivity index (χ2n) is 8.06. The van der Waals surface area contributed by atoms with Gasteiger partial charge < -0.3 is 19.8 Å². The Morgan fingerprint density at radius 3 is 2.74 bits per heavy atom. The zero-order valence-electron chi connectivity index (χ0n) is 15.2. The number of anilines is 1. The fourth-order valence-electron chi connectivity index (χ4n) is 3.55. The van der Waals surface area contributed by atoms with Crippen LogP contribution in [0.4, 0.5) is 10.2 Å². The predicted octanol–water partition coefficient (Wildman–Crippen LogP) is 3.03. The molecule has 1 saturated carbocycles. The first-order valence-electron chi connectivity index (χ1n) is 9.19. The van der Waals surface area contributed by atoms with E-state index < -0.39 is 11.4 Å². The number of ether oxygens (including phenoxy) is 1. The van der Waals surface area contributed by atoms with Crippen molar-refractivity contribution in [2.75, 3.05) is 31.2 Å². The molecule has 1 aliphatic carbocycles. The zero-order valence-corrected chi connectivity index (χ0v) is 16.8. The molecule has 4 rings (SSSR count). The topological polar surface area (TPSA) is 78.7 Å². The van der Waals surface area contributed by atoms with E-state index in [0.717, 1.165) is 32.2 Å². The highest BCUT2D eigenvalue weighted by Gasteiger charge is 2.43. The number of fused-ring (bicyclic) bond motifs is 1. The number of aromatic nitrogens is 2. The van der Waals surface area contributed by atoms with Crippen LogP contribution in [0.1, 0.15) is 32.6 Å². The van der Waals surface area contributed by atoms with E-state index in [2.05, 4.69) is 25.9 Å². The van der Waals surface area contributed by atoms with Gasteiger partial charge in [0, 0.05) is 23.9 Å².